The Morgan fingerprint density at radius 3 is 1.60 bits per heavy atom. The molecule has 2 aliphatic heterocycles. The first kappa shape index (κ1) is 14.2. The van der Waals surface area contributed by atoms with Gasteiger partial charge in [-0.05, 0) is 25.7 Å². The van der Waals surface area contributed by atoms with Crippen molar-refractivity contribution in [2.24, 2.45) is 21.8 Å². The Kier molecular flexibility index (Phi) is 5.20. The lowest BCUT2D eigenvalue weighted by molar-refractivity contribution is 0.193. The molecule has 2 heterocycles. The molecule has 0 N–H and O–H groups in total. The first-order chi connectivity index (χ1) is 9.92. The van der Waals surface area contributed by atoms with Crippen molar-refractivity contribution in [2.75, 3.05) is 26.4 Å². The summed E-state index contributed by atoms with van der Waals surface area (Å²) in [6, 6.07) is 0.783. The Morgan fingerprint density at radius 2 is 1.20 bits per heavy atom. The lowest BCUT2D eigenvalue weighted by Crippen LogP contribution is -2.28. The summed E-state index contributed by atoms with van der Waals surface area (Å²) in [5.74, 6) is 1.06. The van der Waals surface area contributed by atoms with Gasteiger partial charge < -0.3 is 9.47 Å². The molecule has 112 valence electrons. The van der Waals surface area contributed by atoms with E-state index in [2.05, 4.69) is 12.4 Å². The normalized spacial score (nSPS) is 39.2. The fourth-order valence-corrected chi connectivity index (χ4v) is 3.24. The van der Waals surface area contributed by atoms with Gasteiger partial charge >= 0.3 is 0 Å². The molecule has 1 saturated carbocycles. The van der Waals surface area contributed by atoms with Crippen LogP contribution in [0.4, 0.5) is 0 Å². The third-order valence-electron chi connectivity index (χ3n) is 4.60. The smallest absolute Gasteiger partial charge is 0.0719 e. The van der Waals surface area contributed by atoms with Crippen LogP contribution in [0.1, 0.15) is 38.5 Å². The van der Waals surface area contributed by atoms with Crippen molar-refractivity contribution in [3.8, 4) is 0 Å². The molecule has 4 atom stereocenters. The monoisotopic (exact) mass is 278 g/mol. The lowest BCUT2D eigenvalue weighted by Gasteiger charge is -2.26. The van der Waals surface area contributed by atoms with Crippen molar-refractivity contribution in [2.45, 2.75) is 50.6 Å². The van der Waals surface area contributed by atoms with Crippen molar-refractivity contribution < 1.29 is 9.47 Å². The van der Waals surface area contributed by atoms with E-state index in [0.717, 1.165) is 39.3 Å². The van der Waals surface area contributed by atoms with Gasteiger partial charge in [-0.3, -0.25) is 9.98 Å². The molecule has 0 amide bonds. The van der Waals surface area contributed by atoms with Crippen LogP contribution in [0.3, 0.4) is 0 Å². The third kappa shape index (κ3) is 3.89. The highest BCUT2D eigenvalue weighted by molar-refractivity contribution is 5.63. The van der Waals surface area contributed by atoms with Crippen molar-refractivity contribution in [3.05, 3.63) is 0 Å². The molecule has 0 aromatic carbocycles. The van der Waals surface area contributed by atoms with Crippen LogP contribution < -0.4 is 0 Å². The van der Waals surface area contributed by atoms with Crippen molar-refractivity contribution in [1.29, 1.82) is 0 Å². The van der Waals surface area contributed by atoms with Gasteiger partial charge in [0.15, 0.2) is 0 Å². The van der Waals surface area contributed by atoms with Crippen LogP contribution in [0, 0.1) is 11.8 Å². The first-order valence-corrected chi connectivity index (χ1v) is 8.14. The molecular weight excluding hydrogens is 252 g/mol. The molecule has 3 aliphatic rings. The van der Waals surface area contributed by atoms with Crippen LogP contribution in [0.25, 0.3) is 0 Å². The second-order valence-corrected chi connectivity index (χ2v) is 6.26. The van der Waals surface area contributed by atoms with Gasteiger partial charge in [0.2, 0.25) is 0 Å². The number of rotatable bonds is 4. The van der Waals surface area contributed by atoms with Crippen molar-refractivity contribution >= 4 is 12.4 Å². The van der Waals surface area contributed by atoms with Gasteiger partial charge in [-0.15, -0.1) is 0 Å². The highest BCUT2D eigenvalue weighted by atomic mass is 16.5. The molecule has 0 spiro atoms. The van der Waals surface area contributed by atoms with E-state index in [4.69, 9.17) is 19.5 Å². The summed E-state index contributed by atoms with van der Waals surface area (Å²) in [5, 5.41) is 0. The van der Waals surface area contributed by atoms with Gasteiger partial charge in [-0.2, -0.15) is 0 Å². The first-order valence-electron chi connectivity index (χ1n) is 8.14. The molecule has 4 heteroatoms. The standard InChI is InChI=1S/C16H26N2O2/c1-2-4-16(18-10-14-6-8-20-12-14)15(3-1)17-9-13-5-7-19-11-13/h9-10,13-16H,1-8,11-12H2. The van der Waals surface area contributed by atoms with Crippen LogP contribution in [-0.4, -0.2) is 50.9 Å². The average molecular weight is 278 g/mol. The maximum absolute atomic E-state index is 5.40. The number of hydrogen-bond acceptors (Lipinski definition) is 4. The molecule has 4 unspecified atom stereocenters. The number of nitrogens with zero attached hydrogens (tertiary/aromatic N) is 2. The second-order valence-electron chi connectivity index (χ2n) is 6.26. The van der Waals surface area contributed by atoms with E-state index in [9.17, 15) is 0 Å². The van der Waals surface area contributed by atoms with E-state index in [1.54, 1.807) is 0 Å². The summed E-state index contributed by atoms with van der Waals surface area (Å²) < 4.78 is 10.8. The SMILES string of the molecule is C(=NC1CCCCC1N=CC1CCOC1)C1CCOC1. The molecule has 4 nitrogen and oxygen atoms in total. The molecule has 3 fully saturated rings. The Bertz CT molecular complexity index is 310. The Labute approximate surface area is 121 Å². The Hall–Kier alpha value is -0.740. The molecule has 0 aromatic rings. The van der Waals surface area contributed by atoms with Crippen LogP contribution in [0.2, 0.25) is 0 Å². The van der Waals surface area contributed by atoms with E-state index in [-0.39, 0.29) is 0 Å². The highest BCUT2D eigenvalue weighted by Crippen LogP contribution is 2.25. The molecule has 3 rings (SSSR count). The topological polar surface area (TPSA) is 43.2 Å². The fraction of sp³-hybridized carbons (Fsp3) is 0.875. The number of ether oxygens (including phenoxy) is 2. The summed E-state index contributed by atoms with van der Waals surface area (Å²) in [5.41, 5.74) is 0. The van der Waals surface area contributed by atoms with Crippen LogP contribution >= 0.6 is 0 Å². The predicted molar refractivity (Wildman–Crippen MR) is 80.9 cm³/mol. The predicted octanol–water partition coefficient (Wildman–Crippen LogP) is 2.51. The van der Waals surface area contributed by atoms with E-state index in [1.165, 1.54) is 25.7 Å². The zero-order valence-electron chi connectivity index (χ0n) is 12.2. The number of hydrogen-bond donors (Lipinski definition) is 0. The summed E-state index contributed by atoms with van der Waals surface area (Å²) in [6.07, 6.45) is 11.5. The number of aliphatic imine (C=N–C) groups is 2. The fourth-order valence-electron chi connectivity index (χ4n) is 3.24. The highest BCUT2D eigenvalue weighted by Gasteiger charge is 2.24. The van der Waals surface area contributed by atoms with Crippen LogP contribution in [0.15, 0.2) is 9.98 Å². The van der Waals surface area contributed by atoms with E-state index in [0.29, 0.717) is 23.9 Å². The molecule has 2 saturated heterocycles. The lowest BCUT2D eigenvalue weighted by atomic mass is 9.91. The van der Waals surface area contributed by atoms with Crippen LogP contribution in [0.5, 0.6) is 0 Å². The summed E-state index contributed by atoms with van der Waals surface area (Å²) in [7, 11) is 0. The van der Waals surface area contributed by atoms with Gasteiger partial charge in [0.25, 0.3) is 0 Å². The Morgan fingerprint density at radius 1 is 0.700 bits per heavy atom. The zero-order chi connectivity index (χ0) is 13.6. The Balaban J connectivity index is 1.55. The maximum atomic E-state index is 5.40. The minimum absolute atomic E-state index is 0.392. The molecule has 20 heavy (non-hydrogen) atoms. The molecular formula is C16H26N2O2. The van der Waals surface area contributed by atoms with Gasteiger partial charge in [0.1, 0.15) is 0 Å². The quantitative estimate of drug-likeness (QED) is 0.742. The van der Waals surface area contributed by atoms with E-state index < -0.39 is 0 Å². The van der Waals surface area contributed by atoms with Crippen molar-refractivity contribution in [1.82, 2.24) is 0 Å². The second kappa shape index (κ2) is 7.32. The summed E-state index contributed by atoms with van der Waals surface area (Å²) in [4.78, 5) is 9.68. The minimum atomic E-state index is 0.392. The van der Waals surface area contributed by atoms with Gasteiger partial charge in [-0.1, -0.05) is 12.8 Å². The third-order valence-corrected chi connectivity index (χ3v) is 4.60. The van der Waals surface area contributed by atoms with E-state index >= 15 is 0 Å². The summed E-state index contributed by atoms with van der Waals surface area (Å²) in [6.45, 7) is 3.49. The summed E-state index contributed by atoms with van der Waals surface area (Å²) >= 11 is 0. The van der Waals surface area contributed by atoms with Gasteiger partial charge in [-0.25, -0.2) is 0 Å². The molecule has 0 radical (unpaired) electrons. The van der Waals surface area contributed by atoms with Crippen LogP contribution in [-0.2, 0) is 9.47 Å². The van der Waals surface area contributed by atoms with Gasteiger partial charge in [0.05, 0.1) is 25.3 Å². The average Bonchev–Trinajstić information content (AvgIpc) is 3.17. The maximum Gasteiger partial charge on any atom is 0.0719 e. The largest absolute Gasteiger partial charge is 0.381 e. The molecule has 0 bridgehead atoms. The molecule has 1 aliphatic carbocycles. The van der Waals surface area contributed by atoms with Gasteiger partial charge in [0, 0.05) is 37.5 Å². The van der Waals surface area contributed by atoms with Crippen molar-refractivity contribution in [3.63, 3.8) is 0 Å². The minimum Gasteiger partial charge on any atom is -0.381 e. The zero-order valence-corrected chi connectivity index (χ0v) is 12.2. The van der Waals surface area contributed by atoms with E-state index in [1.807, 2.05) is 0 Å². The molecule has 0 aromatic heterocycles.